The van der Waals surface area contributed by atoms with E-state index >= 15 is 0 Å². The average molecular weight is 424 g/mol. The third kappa shape index (κ3) is 3.06. The summed E-state index contributed by atoms with van der Waals surface area (Å²) in [7, 11) is 1.62. The van der Waals surface area contributed by atoms with Gasteiger partial charge >= 0.3 is 0 Å². The maximum atomic E-state index is 10.3. The summed E-state index contributed by atoms with van der Waals surface area (Å²) in [5, 5.41) is 41.2. The Morgan fingerprint density at radius 1 is 1.12 bits per heavy atom. The minimum Gasteiger partial charge on any atom is -0.496 e. The zero-order valence-corrected chi connectivity index (χ0v) is 18.3. The summed E-state index contributed by atoms with van der Waals surface area (Å²) >= 11 is 0. The molecule has 6 nitrogen and oxygen atoms in total. The summed E-state index contributed by atoms with van der Waals surface area (Å²) in [4.78, 5) is 2.30. The molecule has 1 aliphatic carbocycles. The van der Waals surface area contributed by atoms with Crippen LogP contribution in [0.25, 0.3) is 10.8 Å². The molecule has 0 radical (unpaired) electrons. The molecular weight excluding hydrogens is 398 g/mol. The molecule has 0 aromatic heterocycles. The number of methoxy groups -OCH3 is 1. The Morgan fingerprint density at radius 3 is 2.47 bits per heavy atom. The normalized spacial score (nSPS) is 24.5. The first kappa shape index (κ1) is 21.6. The summed E-state index contributed by atoms with van der Waals surface area (Å²) in [5.41, 5.74) is -0.105. The number of nitrogens with zero attached hydrogens (tertiary/aromatic N) is 4. The standard InChI is InChI=1S/C26H25N5O/c1-3-11-31-12-10-18-21(13-27)25(30)26(15-28,16-29)24(22(18)14-31)20-8-9-23(32-2)19-7-5-4-6-17(19)20/h4-10,21-22,24,30H,3,11-12,14H2,1-2H3/t21?,22-,24+/m1/s1. The minimum atomic E-state index is -1.71. The zero-order chi connectivity index (χ0) is 22.9. The number of benzene rings is 2. The molecule has 0 spiro atoms. The predicted molar refractivity (Wildman–Crippen MR) is 122 cm³/mol. The van der Waals surface area contributed by atoms with Gasteiger partial charge in [-0.05, 0) is 35.6 Å². The molecule has 1 unspecified atom stereocenters. The monoisotopic (exact) mass is 423 g/mol. The molecule has 1 aliphatic heterocycles. The van der Waals surface area contributed by atoms with Crippen LogP contribution in [-0.2, 0) is 0 Å². The fraction of sp³-hybridized carbons (Fsp3) is 0.385. The van der Waals surface area contributed by atoms with Gasteiger partial charge in [-0.3, -0.25) is 4.90 Å². The quantitative estimate of drug-likeness (QED) is 0.733. The van der Waals surface area contributed by atoms with E-state index in [0.717, 1.165) is 40.6 Å². The highest BCUT2D eigenvalue weighted by molar-refractivity contribution is 6.02. The third-order valence-electron chi connectivity index (χ3n) is 6.88. The van der Waals surface area contributed by atoms with E-state index in [1.54, 1.807) is 7.11 Å². The Balaban J connectivity index is 2.01. The molecular formula is C26H25N5O. The van der Waals surface area contributed by atoms with Crippen LogP contribution in [0.4, 0.5) is 0 Å². The van der Waals surface area contributed by atoms with Gasteiger partial charge in [-0.15, -0.1) is 0 Å². The van der Waals surface area contributed by atoms with Crippen molar-refractivity contribution in [2.45, 2.75) is 19.3 Å². The molecule has 0 bridgehead atoms. The van der Waals surface area contributed by atoms with Gasteiger partial charge in [0.1, 0.15) is 11.7 Å². The molecule has 1 saturated carbocycles. The van der Waals surface area contributed by atoms with Crippen molar-refractivity contribution in [3.63, 3.8) is 0 Å². The average Bonchev–Trinajstić information content (AvgIpc) is 2.83. The SMILES string of the molecule is CCCN1CC=C2C(C#N)C(=N)C(C#N)(C#N)[C@@H](c3ccc(OC)c4ccccc34)[C@@H]2C1. The smallest absolute Gasteiger partial charge is 0.189 e. The maximum absolute atomic E-state index is 10.3. The van der Waals surface area contributed by atoms with E-state index in [9.17, 15) is 15.8 Å². The molecule has 160 valence electrons. The van der Waals surface area contributed by atoms with E-state index < -0.39 is 17.3 Å². The molecule has 3 atom stereocenters. The van der Waals surface area contributed by atoms with E-state index in [0.29, 0.717) is 13.1 Å². The molecule has 1 heterocycles. The first-order chi connectivity index (χ1) is 15.6. The number of nitrogens with one attached hydrogen (secondary N) is 1. The maximum Gasteiger partial charge on any atom is 0.189 e. The Labute approximate surface area is 188 Å². The molecule has 0 amide bonds. The van der Waals surface area contributed by atoms with Gasteiger partial charge in [0, 0.05) is 30.3 Å². The van der Waals surface area contributed by atoms with Crippen LogP contribution < -0.4 is 4.74 Å². The lowest BCUT2D eigenvalue weighted by Crippen LogP contribution is -2.53. The zero-order valence-electron chi connectivity index (χ0n) is 18.3. The third-order valence-corrected chi connectivity index (χ3v) is 6.88. The van der Waals surface area contributed by atoms with Crippen molar-refractivity contribution >= 4 is 16.5 Å². The Kier molecular flexibility index (Phi) is 5.70. The van der Waals surface area contributed by atoms with E-state index in [-0.39, 0.29) is 11.6 Å². The number of fused-ring (bicyclic) bond motifs is 2. The molecule has 1 fully saturated rings. The fourth-order valence-electron chi connectivity index (χ4n) is 5.45. The summed E-state index contributed by atoms with van der Waals surface area (Å²) in [6.07, 6.45) is 3.04. The van der Waals surface area contributed by atoms with Crippen molar-refractivity contribution in [1.82, 2.24) is 4.90 Å². The van der Waals surface area contributed by atoms with E-state index in [1.165, 1.54) is 0 Å². The first-order valence-electron chi connectivity index (χ1n) is 10.8. The fourth-order valence-corrected chi connectivity index (χ4v) is 5.45. The highest BCUT2D eigenvalue weighted by Gasteiger charge is 2.58. The second-order valence-electron chi connectivity index (χ2n) is 8.46. The van der Waals surface area contributed by atoms with Gasteiger partial charge in [0.05, 0.1) is 31.0 Å². The number of rotatable bonds is 4. The number of ether oxygens (including phenoxy) is 1. The molecule has 6 heteroatoms. The van der Waals surface area contributed by atoms with Gasteiger partial charge in [-0.25, -0.2) is 0 Å². The van der Waals surface area contributed by atoms with Gasteiger partial charge < -0.3 is 10.1 Å². The summed E-state index contributed by atoms with van der Waals surface area (Å²) in [5.74, 6) is -0.887. The lowest BCUT2D eigenvalue weighted by atomic mass is 9.54. The van der Waals surface area contributed by atoms with Crippen LogP contribution in [0.3, 0.4) is 0 Å². The van der Waals surface area contributed by atoms with Crippen molar-refractivity contribution in [3.05, 3.63) is 53.6 Å². The number of hydrogen-bond acceptors (Lipinski definition) is 6. The van der Waals surface area contributed by atoms with Gasteiger partial charge in [-0.2, -0.15) is 15.8 Å². The summed E-state index contributed by atoms with van der Waals surface area (Å²) in [6.45, 7) is 4.39. The van der Waals surface area contributed by atoms with Crippen LogP contribution in [0.1, 0.15) is 24.8 Å². The van der Waals surface area contributed by atoms with Crippen molar-refractivity contribution in [2.24, 2.45) is 17.3 Å². The van der Waals surface area contributed by atoms with Gasteiger partial charge in [0.15, 0.2) is 5.41 Å². The molecule has 4 rings (SSSR count). The molecule has 2 aliphatic rings. The van der Waals surface area contributed by atoms with E-state index in [1.807, 2.05) is 42.5 Å². The van der Waals surface area contributed by atoms with Crippen LogP contribution in [0.5, 0.6) is 5.75 Å². The molecule has 32 heavy (non-hydrogen) atoms. The number of nitriles is 3. The largest absolute Gasteiger partial charge is 0.496 e. The van der Waals surface area contributed by atoms with E-state index in [4.69, 9.17) is 10.1 Å². The van der Waals surface area contributed by atoms with Crippen molar-refractivity contribution in [2.75, 3.05) is 26.7 Å². The highest BCUT2D eigenvalue weighted by Crippen LogP contribution is 2.54. The van der Waals surface area contributed by atoms with Gasteiger partial charge in [0.25, 0.3) is 0 Å². The Bertz CT molecular complexity index is 1210. The van der Waals surface area contributed by atoms with Crippen LogP contribution >= 0.6 is 0 Å². The van der Waals surface area contributed by atoms with E-state index in [2.05, 4.69) is 30.0 Å². The minimum absolute atomic E-state index is 0.110. The lowest BCUT2D eigenvalue weighted by molar-refractivity contribution is 0.205. The number of hydrogen-bond donors (Lipinski definition) is 1. The molecule has 2 aromatic rings. The Morgan fingerprint density at radius 2 is 1.84 bits per heavy atom. The van der Waals surface area contributed by atoms with Crippen LogP contribution in [0.15, 0.2) is 48.0 Å². The van der Waals surface area contributed by atoms with Gasteiger partial charge in [0.2, 0.25) is 0 Å². The van der Waals surface area contributed by atoms with Crippen LogP contribution in [0, 0.1) is 56.7 Å². The van der Waals surface area contributed by atoms with Crippen LogP contribution in [-0.4, -0.2) is 37.4 Å². The second kappa shape index (κ2) is 8.46. The van der Waals surface area contributed by atoms with Gasteiger partial charge in [-0.1, -0.05) is 43.3 Å². The first-order valence-corrected chi connectivity index (χ1v) is 10.8. The molecule has 1 N–H and O–H groups in total. The highest BCUT2D eigenvalue weighted by atomic mass is 16.5. The topological polar surface area (TPSA) is 108 Å². The molecule has 2 aromatic carbocycles. The predicted octanol–water partition coefficient (Wildman–Crippen LogP) is 4.41. The van der Waals surface area contributed by atoms with Crippen molar-refractivity contribution < 1.29 is 4.74 Å². The second-order valence-corrected chi connectivity index (χ2v) is 8.46. The lowest BCUT2D eigenvalue weighted by Gasteiger charge is -2.48. The van der Waals surface area contributed by atoms with Crippen molar-refractivity contribution in [3.8, 4) is 24.0 Å². The molecule has 0 saturated heterocycles. The summed E-state index contributed by atoms with van der Waals surface area (Å²) < 4.78 is 5.55. The van der Waals surface area contributed by atoms with Crippen LogP contribution in [0.2, 0.25) is 0 Å². The Hall–Kier alpha value is -3.66. The summed E-state index contributed by atoms with van der Waals surface area (Å²) in [6, 6.07) is 18.2. The van der Waals surface area contributed by atoms with Crippen molar-refractivity contribution in [1.29, 1.82) is 21.2 Å².